The van der Waals surface area contributed by atoms with Gasteiger partial charge < -0.3 is 0 Å². The first-order valence-corrected chi connectivity index (χ1v) is 6.34. The fraction of sp³-hybridized carbons (Fsp3) is 0.154. The van der Waals surface area contributed by atoms with Gasteiger partial charge in [0.15, 0.2) is 0 Å². The minimum absolute atomic E-state index is 0.00954. The van der Waals surface area contributed by atoms with Gasteiger partial charge in [-0.1, -0.05) is 30.7 Å². The lowest BCUT2D eigenvalue weighted by Gasteiger charge is -2.00. The van der Waals surface area contributed by atoms with Crippen LogP contribution >= 0.6 is 22.9 Å². The van der Waals surface area contributed by atoms with Gasteiger partial charge in [0, 0.05) is 5.56 Å². The van der Waals surface area contributed by atoms with Crippen LogP contribution in [0.15, 0.2) is 35.7 Å². The summed E-state index contributed by atoms with van der Waals surface area (Å²) in [5.74, 6) is 0.00954. The minimum Gasteiger partial charge on any atom is -0.288 e. The van der Waals surface area contributed by atoms with E-state index in [1.807, 2.05) is 23.6 Å². The number of hydrogen-bond donors (Lipinski definition) is 0. The van der Waals surface area contributed by atoms with Crippen molar-refractivity contribution in [2.45, 2.75) is 13.3 Å². The van der Waals surface area contributed by atoms with E-state index in [0.29, 0.717) is 10.6 Å². The van der Waals surface area contributed by atoms with Crippen LogP contribution in [0, 0.1) is 0 Å². The third-order valence-corrected chi connectivity index (χ3v) is 3.71. The van der Waals surface area contributed by atoms with Crippen molar-refractivity contribution in [1.29, 1.82) is 0 Å². The number of carbonyl (C=O) groups excluding carboxylic acids is 1. The highest BCUT2D eigenvalue weighted by atomic mass is 35.5. The molecule has 82 valence electrons. The molecule has 1 nitrogen and oxygen atoms in total. The monoisotopic (exact) mass is 250 g/mol. The third kappa shape index (κ3) is 2.18. The first-order valence-electron chi connectivity index (χ1n) is 5.09. The molecule has 1 heterocycles. The second-order valence-corrected chi connectivity index (χ2v) is 4.80. The molecule has 0 radical (unpaired) electrons. The van der Waals surface area contributed by atoms with Gasteiger partial charge in [-0.15, -0.1) is 11.3 Å². The van der Waals surface area contributed by atoms with Crippen LogP contribution in [0.1, 0.15) is 27.7 Å². The van der Waals surface area contributed by atoms with E-state index in [4.69, 9.17) is 11.6 Å². The molecule has 0 aliphatic heterocycles. The summed E-state index contributed by atoms with van der Waals surface area (Å²) in [6.07, 6.45) is 0.951. The topological polar surface area (TPSA) is 17.1 Å². The molecule has 1 aromatic carbocycles. The highest BCUT2D eigenvalue weighted by Gasteiger charge is 2.13. The van der Waals surface area contributed by atoms with E-state index in [1.54, 1.807) is 12.1 Å². The zero-order valence-corrected chi connectivity index (χ0v) is 10.4. The van der Waals surface area contributed by atoms with Crippen molar-refractivity contribution in [2.24, 2.45) is 0 Å². The van der Waals surface area contributed by atoms with Crippen LogP contribution in [0.25, 0.3) is 0 Å². The Hall–Kier alpha value is -1.12. The van der Waals surface area contributed by atoms with E-state index in [9.17, 15) is 4.79 Å². The van der Waals surface area contributed by atoms with E-state index >= 15 is 0 Å². The lowest BCUT2D eigenvalue weighted by molar-refractivity contribution is 0.104. The number of ketones is 1. The smallest absolute Gasteiger partial charge is 0.204 e. The summed E-state index contributed by atoms with van der Waals surface area (Å²) in [7, 11) is 0. The van der Waals surface area contributed by atoms with Crippen LogP contribution in [0.3, 0.4) is 0 Å². The van der Waals surface area contributed by atoms with Crippen LogP contribution in [0.4, 0.5) is 0 Å². The lowest BCUT2D eigenvalue weighted by Crippen LogP contribution is -1.99. The van der Waals surface area contributed by atoms with Crippen molar-refractivity contribution in [2.75, 3.05) is 0 Å². The quantitative estimate of drug-likeness (QED) is 0.747. The molecule has 0 bridgehead atoms. The molecule has 0 fully saturated rings. The van der Waals surface area contributed by atoms with Gasteiger partial charge in [-0.05, 0) is 35.6 Å². The highest BCUT2D eigenvalue weighted by molar-refractivity contribution is 7.12. The van der Waals surface area contributed by atoms with Gasteiger partial charge >= 0.3 is 0 Å². The molecule has 0 saturated carbocycles. The minimum atomic E-state index is 0.00954. The molecule has 0 spiro atoms. The molecule has 1 aromatic heterocycles. The average molecular weight is 251 g/mol. The Labute approximate surface area is 104 Å². The molecule has 0 saturated heterocycles. The van der Waals surface area contributed by atoms with E-state index in [0.717, 1.165) is 11.3 Å². The van der Waals surface area contributed by atoms with E-state index in [-0.39, 0.29) is 5.78 Å². The number of halogens is 1. The SMILES string of the molecule is CCc1csc(C(=O)c2ccccc2Cl)c1. The van der Waals surface area contributed by atoms with Crippen LogP contribution in [0.5, 0.6) is 0 Å². The largest absolute Gasteiger partial charge is 0.288 e. The maximum Gasteiger partial charge on any atom is 0.204 e. The number of rotatable bonds is 3. The number of thiophene rings is 1. The zero-order chi connectivity index (χ0) is 11.5. The zero-order valence-electron chi connectivity index (χ0n) is 8.87. The van der Waals surface area contributed by atoms with Crippen molar-refractivity contribution >= 4 is 28.7 Å². The first-order chi connectivity index (χ1) is 7.72. The number of aryl methyl sites for hydroxylation is 1. The molecular formula is C13H11ClOS. The van der Waals surface area contributed by atoms with Crippen molar-refractivity contribution in [1.82, 2.24) is 0 Å². The van der Waals surface area contributed by atoms with E-state index < -0.39 is 0 Å². The summed E-state index contributed by atoms with van der Waals surface area (Å²) < 4.78 is 0. The summed E-state index contributed by atoms with van der Waals surface area (Å²) in [5, 5.41) is 2.53. The molecular weight excluding hydrogens is 240 g/mol. The van der Waals surface area contributed by atoms with E-state index in [1.165, 1.54) is 16.9 Å². The molecule has 2 rings (SSSR count). The maximum atomic E-state index is 12.1. The normalized spacial score (nSPS) is 10.4. The first kappa shape index (κ1) is 11.4. The number of hydrogen-bond acceptors (Lipinski definition) is 2. The predicted octanol–water partition coefficient (Wildman–Crippen LogP) is 4.19. The fourth-order valence-corrected chi connectivity index (χ4v) is 2.63. The predicted molar refractivity (Wildman–Crippen MR) is 68.6 cm³/mol. The van der Waals surface area contributed by atoms with Gasteiger partial charge in [-0.25, -0.2) is 0 Å². The molecule has 0 amide bonds. The number of carbonyl (C=O) groups is 1. The van der Waals surface area contributed by atoms with Crippen LogP contribution in [-0.2, 0) is 6.42 Å². The average Bonchev–Trinajstić information content (AvgIpc) is 2.77. The van der Waals surface area contributed by atoms with Crippen LogP contribution in [-0.4, -0.2) is 5.78 Å². The van der Waals surface area contributed by atoms with Gasteiger partial charge in [0.1, 0.15) is 0 Å². The maximum absolute atomic E-state index is 12.1. The summed E-state index contributed by atoms with van der Waals surface area (Å²) in [6.45, 7) is 2.08. The molecule has 0 N–H and O–H groups in total. The van der Waals surface area contributed by atoms with Gasteiger partial charge in [0.25, 0.3) is 0 Å². The Kier molecular flexibility index (Phi) is 3.42. The Morgan fingerprint density at radius 2 is 2.12 bits per heavy atom. The Balaban J connectivity index is 2.35. The van der Waals surface area contributed by atoms with Crippen LogP contribution < -0.4 is 0 Å². The Morgan fingerprint density at radius 1 is 1.38 bits per heavy atom. The van der Waals surface area contributed by atoms with Crippen molar-refractivity contribution in [3.05, 3.63) is 56.7 Å². The van der Waals surface area contributed by atoms with Gasteiger partial charge in [0.05, 0.1) is 9.90 Å². The second-order valence-electron chi connectivity index (χ2n) is 3.48. The molecule has 16 heavy (non-hydrogen) atoms. The highest BCUT2D eigenvalue weighted by Crippen LogP contribution is 2.23. The second kappa shape index (κ2) is 4.81. The van der Waals surface area contributed by atoms with Crippen molar-refractivity contribution < 1.29 is 4.79 Å². The van der Waals surface area contributed by atoms with Gasteiger partial charge in [-0.3, -0.25) is 4.79 Å². The van der Waals surface area contributed by atoms with Gasteiger partial charge in [-0.2, -0.15) is 0 Å². The van der Waals surface area contributed by atoms with Crippen molar-refractivity contribution in [3.63, 3.8) is 0 Å². The van der Waals surface area contributed by atoms with Crippen molar-refractivity contribution in [3.8, 4) is 0 Å². The summed E-state index contributed by atoms with van der Waals surface area (Å²) >= 11 is 7.47. The Bertz CT molecular complexity index is 516. The molecule has 0 unspecified atom stereocenters. The third-order valence-electron chi connectivity index (χ3n) is 2.40. The summed E-state index contributed by atoms with van der Waals surface area (Å²) in [6, 6.07) is 9.09. The molecule has 0 atom stereocenters. The van der Waals surface area contributed by atoms with Crippen LogP contribution in [0.2, 0.25) is 5.02 Å². The lowest BCUT2D eigenvalue weighted by atomic mass is 10.1. The summed E-state index contributed by atoms with van der Waals surface area (Å²) in [5.41, 5.74) is 1.77. The Morgan fingerprint density at radius 3 is 2.75 bits per heavy atom. The standard InChI is InChI=1S/C13H11ClOS/c1-2-9-7-12(16-8-9)13(15)10-5-3-4-6-11(10)14/h3-8H,2H2,1H3. The summed E-state index contributed by atoms with van der Waals surface area (Å²) in [4.78, 5) is 12.9. The van der Waals surface area contributed by atoms with Gasteiger partial charge in [0.2, 0.25) is 5.78 Å². The molecule has 0 aliphatic rings. The molecule has 3 heteroatoms. The molecule has 2 aromatic rings. The number of benzene rings is 1. The molecule has 0 aliphatic carbocycles. The fourth-order valence-electron chi connectivity index (χ4n) is 1.46. The van der Waals surface area contributed by atoms with E-state index in [2.05, 4.69) is 6.92 Å².